The van der Waals surface area contributed by atoms with Crippen molar-refractivity contribution < 1.29 is 4.79 Å². The third-order valence-electron chi connectivity index (χ3n) is 3.43. The standard InChI is InChI=1S/C13H16BrClN2O/c1-17(11-7-3-2-6-10(11)15)13(18)12-9(14)5-4-8-16-12/h4-5,8,10-11H,2-3,6-7H2,1H3. The molecule has 1 aromatic heterocycles. The molecule has 0 radical (unpaired) electrons. The molecule has 98 valence electrons. The molecule has 1 amide bonds. The van der Waals surface area contributed by atoms with Crippen LogP contribution < -0.4 is 0 Å². The Labute approximate surface area is 121 Å². The van der Waals surface area contributed by atoms with Crippen LogP contribution >= 0.6 is 27.5 Å². The van der Waals surface area contributed by atoms with Crippen LogP contribution in [0, 0.1) is 0 Å². The summed E-state index contributed by atoms with van der Waals surface area (Å²) < 4.78 is 0.726. The maximum Gasteiger partial charge on any atom is 0.273 e. The quantitative estimate of drug-likeness (QED) is 0.778. The van der Waals surface area contributed by atoms with Gasteiger partial charge in [-0.25, -0.2) is 4.98 Å². The second-order valence-electron chi connectivity index (χ2n) is 4.62. The van der Waals surface area contributed by atoms with Crippen LogP contribution in [-0.4, -0.2) is 34.3 Å². The zero-order valence-electron chi connectivity index (χ0n) is 10.3. The fraction of sp³-hybridized carbons (Fsp3) is 0.538. The Morgan fingerprint density at radius 1 is 1.50 bits per heavy atom. The number of hydrogen-bond acceptors (Lipinski definition) is 2. The first kappa shape index (κ1) is 13.8. The van der Waals surface area contributed by atoms with Gasteiger partial charge >= 0.3 is 0 Å². The van der Waals surface area contributed by atoms with Crippen molar-refractivity contribution in [2.45, 2.75) is 37.1 Å². The van der Waals surface area contributed by atoms with E-state index in [0.29, 0.717) is 5.69 Å². The van der Waals surface area contributed by atoms with Crippen LogP contribution in [0.5, 0.6) is 0 Å². The lowest BCUT2D eigenvalue weighted by molar-refractivity contribution is 0.0693. The van der Waals surface area contributed by atoms with E-state index in [1.807, 2.05) is 13.1 Å². The van der Waals surface area contributed by atoms with Crippen LogP contribution in [0.25, 0.3) is 0 Å². The summed E-state index contributed by atoms with van der Waals surface area (Å²) in [7, 11) is 1.81. The van der Waals surface area contributed by atoms with Crippen LogP contribution in [0.4, 0.5) is 0 Å². The first-order valence-corrected chi connectivity index (χ1v) is 7.36. The van der Waals surface area contributed by atoms with Gasteiger partial charge in [0.05, 0.1) is 5.38 Å². The van der Waals surface area contributed by atoms with Crippen molar-refractivity contribution in [3.63, 3.8) is 0 Å². The summed E-state index contributed by atoms with van der Waals surface area (Å²) in [6.07, 6.45) is 5.87. The van der Waals surface area contributed by atoms with Gasteiger partial charge in [-0.2, -0.15) is 0 Å². The van der Waals surface area contributed by atoms with Crippen LogP contribution in [0.2, 0.25) is 0 Å². The number of alkyl halides is 1. The topological polar surface area (TPSA) is 33.2 Å². The van der Waals surface area contributed by atoms with Gasteiger partial charge in [-0.1, -0.05) is 12.8 Å². The highest BCUT2D eigenvalue weighted by atomic mass is 79.9. The number of halogens is 2. The Hall–Kier alpha value is -0.610. The molecule has 1 aliphatic carbocycles. The number of hydrogen-bond donors (Lipinski definition) is 0. The third-order valence-corrected chi connectivity index (χ3v) is 4.58. The third kappa shape index (κ3) is 2.86. The first-order valence-electron chi connectivity index (χ1n) is 6.13. The zero-order valence-corrected chi connectivity index (χ0v) is 12.6. The monoisotopic (exact) mass is 330 g/mol. The maximum absolute atomic E-state index is 12.4. The van der Waals surface area contributed by atoms with Gasteiger partial charge in [0.2, 0.25) is 0 Å². The summed E-state index contributed by atoms with van der Waals surface area (Å²) in [6, 6.07) is 3.74. The molecule has 0 aliphatic heterocycles. The van der Waals surface area contributed by atoms with E-state index >= 15 is 0 Å². The van der Waals surface area contributed by atoms with Gasteiger partial charge in [0, 0.05) is 23.8 Å². The smallest absolute Gasteiger partial charge is 0.273 e. The Morgan fingerprint density at radius 3 is 2.89 bits per heavy atom. The van der Waals surface area contributed by atoms with Gasteiger partial charge in [-0.05, 0) is 40.9 Å². The molecular formula is C13H16BrClN2O. The van der Waals surface area contributed by atoms with Crippen LogP contribution in [-0.2, 0) is 0 Å². The highest BCUT2D eigenvalue weighted by Gasteiger charge is 2.30. The van der Waals surface area contributed by atoms with E-state index in [0.717, 1.165) is 30.2 Å². The molecule has 0 saturated heterocycles. The minimum absolute atomic E-state index is 0.0511. The van der Waals surface area contributed by atoms with E-state index in [9.17, 15) is 4.79 Å². The molecule has 0 N–H and O–H groups in total. The molecule has 1 saturated carbocycles. The number of aromatic nitrogens is 1. The van der Waals surface area contributed by atoms with Crippen molar-refractivity contribution in [1.29, 1.82) is 0 Å². The lowest BCUT2D eigenvalue weighted by atomic mass is 9.93. The van der Waals surface area contributed by atoms with Crippen LogP contribution in [0.1, 0.15) is 36.2 Å². The lowest BCUT2D eigenvalue weighted by Crippen LogP contribution is -2.44. The zero-order chi connectivity index (χ0) is 13.1. The van der Waals surface area contributed by atoms with Crippen LogP contribution in [0.3, 0.4) is 0 Å². The number of nitrogens with zero attached hydrogens (tertiary/aromatic N) is 2. The van der Waals surface area contributed by atoms with Gasteiger partial charge in [0.15, 0.2) is 0 Å². The number of carbonyl (C=O) groups excluding carboxylic acids is 1. The predicted molar refractivity (Wildman–Crippen MR) is 75.9 cm³/mol. The predicted octanol–water partition coefficient (Wildman–Crippen LogP) is 3.47. The highest BCUT2D eigenvalue weighted by molar-refractivity contribution is 9.10. The summed E-state index contributed by atoms with van der Waals surface area (Å²) >= 11 is 9.68. The molecule has 0 spiro atoms. The van der Waals surface area contributed by atoms with Gasteiger partial charge in [-0.3, -0.25) is 4.79 Å². The molecule has 1 fully saturated rings. The summed E-state index contributed by atoms with van der Waals surface area (Å²) in [5.74, 6) is -0.0694. The number of pyridine rings is 1. The Bertz CT molecular complexity index is 441. The average molecular weight is 332 g/mol. The molecule has 2 unspecified atom stereocenters. The molecule has 0 aromatic carbocycles. The summed E-state index contributed by atoms with van der Waals surface area (Å²) in [5.41, 5.74) is 0.453. The highest BCUT2D eigenvalue weighted by Crippen LogP contribution is 2.28. The Morgan fingerprint density at radius 2 is 2.22 bits per heavy atom. The van der Waals surface area contributed by atoms with Gasteiger partial charge < -0.3 is 4.90 Å². The minimum Gasteiger partial charge on any atom is -0.336 e. The van der Waals surface area contributed by atoms with Crippen molar-refractivity contribution in [3.8, 4) is 0 Å². The Balaban J connectivity index is 2.16. The fourth-order valence-corrected chi connectivity index (χ4v) is 3.24. The molecule has 18 heavy (non-hydrogen) atoms. The van der Waals surface area contributed by atoms with E-state index in [1.165, 1.54) is 0 Å². The molecule has 5 heteroatoms. The lowest BCUT2D eigenvalue weighted by Gasteiger charge is -2.34. The number of carbonyl (C=O) groups is 1. The van der Waals surface area contributed by atoms with Crippen molar-refractivity contribution in [1.82, 2.24) is 9.88 Å². The number of rotatable bonds is 2. The largest absolute Gasteiger partial charge is 0.336 e. The maximum atomic E-state index is 12.4. The van der Waals surface area contributed by atoms with Crippen molar-refractivity contribution in [2.24, 2.45) is 0 Å². The second-order valence-corrected chi connectivity index (χ2v) is 6.03. The summed E-state index contributed by atoms with van der Waals surface area (Å²) in [4.78, 5) is 18.3. The number of amides is 1. The van der Waals surface area contributed by atoms with E-state index in [2.05, 4.69) is 20.9 Å². The van der Waals surface area contributed by atoms with E-state index in [1.54, 1.807) is 17.2 Å². The summed E-state index contributed by atoms with van der Waals surface area (Å²) in [5, 5.41) is 0.0511. The molecule has 1 aromatic rings. The van der Waals surface area contributed by atoms with Gasteiger partial charge in [0.1, 0.15) is 5.69 Å². The Kier molecular flexibility index (Phi) is 4.62. The van der Waals surface area contributed by atoms with Gasteiger partial charge in [0.25, 0.3) is 5.91 Å². The molecular weight excluding hydrogens is 316 g/mol. The van der Waals surface area contributed by atoms with Crippen molar-refractivity contribution >= 4 is 33.4 Å². The molecule has 2 atom stereocenters. The molecule has 1 heterocycles. The van der Waals surface area contributed by atoms with Crippen LogP contribution in [0.15, 0.2) is 22.8 Å². The minimum atomic E-state index is -0.0694. The second kappa shape index (κ2) is 6.02. The normalized spacial score (nSPS) is 23.7. The SMILES string of the molecule is CN(C(=O)c1ncccc1Br)C1CCCCC1Cl. The van der Waals surface area contributed by atoms with Crippen molar-refractivity contribution in [2.75, 3.05) is 7.05 Å². The summed E-state index contributed by atoms with van der Waals surface area (Å²) in [6.45, 7) is 0. The molecule has 3 nitrogen and oxygen atoms in total. The van der Waals surface area contributed by atoms with Crippen molar-refractivity contribution in [3.05, 3.63) is 28.5 Å². The van der Waals surface area contributed by atoms with E-state index in [-0.39, 0.29) is 17.3 Å². The van der Waals surface area contributed by atoms with E-state index < -0.39 is 0 Å². The molecule has 2 rings (SSSR count). The average Bonchev–Trinajstić information content (AvgIpc) is 2.38. The fourth-order valence-electron chi connectivity index (χ4n) is 2.36. The first-order chi connectivity index (χ1) is 8.61. The molecule has 1 aliphatic rings. The van der Waals surface area contributed by atoms with E-state index in [4.69, 9.17) is 11.6 Å². The molecule has 0 bridgehead atoms. The van der Waals surface area contributed by atoms with Gasteiger partial charge in [-0.15, -0.1) is 11.6 Å².